The van der Waals surface area contributed by atoms with Crippen molar-refractivity contribution in [1.29, 1.82) is 0 Å². The van der Waals surface area contributed by atoms with Gasteiger partial charge in [0.05, 0.1) is 23.3 Å². The van der Waals surface area contributed by atoms with E-state index in [4.69, 9.17) is 0 Å². The number of nitrogens with zero attached hydrogens (tertiary/aromatic N) is 6. The van der Waals surface area contributed by atoms with Gasteiger partial charge in [0.15, 0.2) is 0 Å². The van der Waals surface area contributed by atoms with E-state index >= 15 is 0 Å². The first-order valence-corrected chi connectivity index (χ1v) is 11.4. The fraction of sp³-hybridized carbons (Fsp3) is 0.160. The molecular formula is C25H20F2N8O. The molecule has 3 aromatic heterocycles. The fourth-order valence-electron chi connectivity index (χ4n) is 4.71. The summed E-state index contributed by atoms with van der Waals surface area (Å²) in [6.07, 6.45) is 4.81. The Morgan fingerprint density at radius 1 is 1.11 bits per heavy atom. The number of halogens is 2. The minimum absolute atomic E-state index is 0.295. The van der Waals surface area contributed by atoms with Crippen LogP contribution in [0.4, 0.5) is 20.2 Å². The lowest BCUT2D eigenvalue weighted by molar-refractivity contribution is 0.102. The van der Waals surface area contributed by atoms with Gasteiger partial charge in [-0.2, -0.15) is 10.3 Å². The van der Waals surface area contributed by atoms with Crippen LogP contribution in [0.15, 0.2) is 67.0 Å². The SMILES string of the molecule is O=C(Nc1cccc(-c2nn[nH]n2)c1)c1cnn2ccc(N3CCCC3c3cc(F)ccc3F)cc12. The molecule has 4 heterocycles. The van der Waals surface area contributed by atoms with Gasteiger partial charge in [0, 0.05) is 35.2 Å². The molecule has 0 spiro atoms. The third kappa shape index (κ3) is 3.94. The maximum Gasteiger partial charge on any atom is 0.259 e. The second kappa shape index (κ2) is 8.84. The summed E-state index contributed by atoms with van der Waals surface area (Å²) in [4.78, 5) is 15.2. The van der Waals surface area contributed by atoms with Crippen LogP contribution in [0.5, 0.6) is 0 Å². The molecule has 0 radical (unpaired) electrons. The van der Waals surface area contributed by atoms with Gasteiger partial charge in [-0.3, -0.25) is 4.79 Å². The summed E-state index contributed by atoms with van der Waals surface area (Å²) in [6, 6.07) is 14.1. The van der Waals surface area contributed by atoms with Crippen LogP contribution in [-0.4, -0.2) is 42.7 Å². The van der Waals surface area contributed by atoms with Gasteiger partial charge in [0.2, 0.25) is 5.82 Å². The smallest absolute Gasteiger partial charge is 0.259 e. The number of pyridine rings is 1. The molecule has 2 aromatic carbocycles. The summed E-state index contributed by atoms with van der Waals surface area (Å²) in [5.41, 5.74) is 3.40. The van der Waals surface area contributed by atoms with E-state index in [2.05, 4.69) is 31.0 Å². The first kappa shape index (κ1) is 21.8. The lowest BCUT2D eigenvalue weighted by Gasteiger charge is -2.27. The Bertz CT molecular complexity index is 1570. The van der Waals surface area contributed by atoms with Gasteiger partial charge in [-0.15, -0.1) is 10.2 Å². The van der Waals surface area contributed by atoms with E-state index in [1.807, 2.05) is 23.1 Å². The number of H-pyrrole nitrogens is 1. The second-order valence-corrected chi connectivity index (χ2v) is 8.56. The van der Waals surface area contributed by atoms with Crippen molar-refractivity contribution in [2.24, 2.45) is 0 Å². The molecule has 1 unspecified atom stereocenters. The highest BCUT2D eigenvalue weighted by molar-refractivity contribution is 6.09. The van der Waals surface area contributed by atoms with E-state index in [9.17, 15) is 13.6 Å². The predicted octanol–water partition coefficient (Wildman–Crippen LogP) is 4.39. The highest BCUT2D eigenvalue weighted by atomic mass is 19.1. The average Bonchev–Trinajstić information content (AvgIpc) is 3.66. The monoisotopic (exact) mass is 486 g/mol. The molecule has 2 N–H and O–H groups in total. The summed E-state index contributed by atoms with van der Waals surface area (Å²) in [5.74, 6) is -0.808. The molecule has 1 aliphatic rings. The van der Waals surface area contributed by atoms with Crippen LogP contribution in [0, 0.1) is 11.6 Å². The number of carbonyl (C=O) groups excluding carboxylic acids is 1. The number of benzene rings is 2. The van der Waals surface area contributed by atoms with Crippen LogP contribution in [0.3, 0.4) is 0 Å². The lowest BCUT2D eigenvalue weighted by atomic mass is 10.0. The molecule has 180 valence electrons. The number of hydrogen-bond acceptors (Lipinski definition) is 6. The van der Waals surface area contributed by atoms with Crippen LogP contribution in [0.2, 0.25) is 0 Å². The molecule has 1 atom stereocenters. The van der Waals surface area contributed by atoms with Crippen molar-refractivity contribution < 1.29 is 13.6 Å². The Balaban J connectivity index is 1.30. The van der Waals surface area contributed by atoms with Gasteiger partial charge in [0.1, 0.15) is 11.6 Å². The van der Waals surface area contributed by atoms with Crippen molar-refractivity contribution in [1.82, 2.24) is 30.2 Å². The summed E-state index contributed by atoms with van der Waals surface area (Å²) < 4.78 is 30.0. The highest BCUT2D eigenvalue weighted by Gasteiger charge is 2.29. The van der Waals surface area contributed by atoms with Crippen LogP contribution in [-0.2, 0) is 0 Å². The third-order valence-electron chi connectivity index (χ3n) is 6.38. The number of anilines is 2. The summed E-state index contributed by atoms with van der Waals surface area (Å²) in [6.45, 7) is 0.690. The Kier molecular flexibility index (Phi) is 5.36. The number of nitrogens with one attached hydrogen (secondary N) is 2. The molecule has 5 aromatic rings. The van der Waals surface area contributed by atoms with Gasteiger partial charge >= 0.3 is 0 Å². The average molecular weight is 486 g/mol. The van der Waals surface area contributed by atoms with Crippen molar-refractivity contribution in [3.8, 4) is 11.4 Å². The van der Waals surface area contributed by atoms with Gasteiger partial charge < -0.3 is 10.2 Å². The Hall–Kier alpha value is -4.67. The lowest BCUT2D eigenvalue weighted by Crippen LogP contribution is -2.23. The molecule has 9 nitrogen and oxygen atoms in total. The first-order valence-electron chi connectivity index (χ1n) is 11.4. The van der Waals surface area contributed by atoms with E-state index in [0.717, 1.165) is 24.2 Å². The molecule has 1 amide bonds. The van der Waals surface area contributed by atoms with Crippen molar-refractivity contribution in [3.63, 3.8) is 0 Å². The number of aromatic nitrogens is 6. The summed E-state index contributed by atoms with van der Waals surface area (Å²) in [5, 5.41) is 21.1. The molecule has 36 heavy (non-hydrogen) atoms. The number of tetrazole rings is 1. The van der Waals surface area contributed by atoms with Crippen molar-refractivity contribution in [3.05, 3.63) is 89.8 Å². The Morgan fingerprint density at radius 3 is 2.89 bits per heavy atom. The van der Waals surface area contributed by atoms with Gasteiger partial charge in [-0.1, -0.05) is 12.1 Å². The van der Waals surface area contributed by atoms with Crippen LogP contribution in [0.1, 0.15) is 34.8 Å². The van der Waals surface area contributed by atoms with Crippen molar-refractivity contribution in [2.75, 3.05) is 16.8 Å². The number of carbonyl (C=O) groups is 1. The topological polar surface area (TPSA) is 104 Å². The third-order valence-corrected chi connectivity index (χ3v) is 6.38. The second-order valence-electron chi connectivity index (χ2n) is 8.56. The maximum absolute atomic E-state index is 14.5. The molecule has 1 aliphatic heterocycles. The van der Waals surface area contributed by atoms with Crippen molar-refractivity contribution in [2.45, 2.75) is 18.9 Å². The highest BCUT2D eigenvalue weighted by Crippen LogP contribution is 2.38. The predicted molar refractivity (Wildman–Crippen MR) is 128 cm³/mol. The van der Waals surface area contributed by atoms with Crippen LogP contribution >= 0.6 is 0 Å². The molecule has 1 saturated heterocycles. The number of rotatable bonds is 5. The quantitative estimate of drug-likeness (QED) is 0.382. The fourth-order valence-corrected chi connectivity index (χ4v) is 4.71. The first-order chi connectivity index (χ1) is 17.6. The number of fused-ring (bicyclic) bond motifs is 1. The maximum atomic E-state index is 14.5. The Morgan fingerprint density at radius 2 is 2.03 bits per heavy atom. The molecule has 0 aliphatic carbocycles. The molecule has 6 rings (SSSR count). The largest absolute Gasteiger partial charge is 0.364 e. The molecule has 0 bridgehead atoms. The van der Waals surface area contributed by atoms with Crippen LogP contribution in [0.25, 0.3) is 16.9 Å². The van der Waals surface area contributed by atoms with Crippen molar-refractivity contribution >= 4 is 22.8 Å². The molecule has 11 heteroatoms. The Labute approximate surface area is 203 Å². The summed E-state index contributed by atoms with van der Waals surface area (Å²) >= 11 is 0. The van der Waals surface area contributed by atoms with E-state index < -0.39 is 11.6 Å². The van der Waals surface area contributed by atoms with Gasteiger partial charge in [-0.25, -0.2) is 13.3 Å². The molecule has 1 fully saturated rings. The van der Waals surface area contributed by atoms with E-state index in [-0.39, 0.29) is 11.9 Å². The zero-order valence-electron chi connectivity index (χ0n) is 18.9. The van der Waals surface area contributed by atoms with Gasteiger partial charge in [0.25, 0.3) is 5.91 Å². The molecule has 0 saturated carbocycles. The minimum atomic E-state index is -0.466. The van der Waals surface area contributed by atoms with Crippen LogP contribution < -0.4 is 10.2 Å². The van der Waals surface area contributed by atoms with Gasteiger partial charge in [-0.05, 0) is 60.5 Å². The number of hydrogen-bond donors (Lipinski definition) is 2. The number of amides is 1. The van der Waals surface area contributed by atoms with E-state index in [1.54, 1.807) is 28.9 Å². The normalized spacial score (nSPS) is 15.5. The zero-order valence-corrected chi connectivity index (χ0v) is 18.9. The standard InChI is InChI=1S/C25H20F2N8O/c26-16-6-7-21(27)19(12-16)22-5-2-9-34(22)18-8-10-35-23(13-18)20(14-28-35)25(36)29-17-4-1-3-15(11-17)24-30-32-33-31-24/h1,3-4,6-8,10-14,22H,2,5,9H2,(H,29,36)(H,30,31,32,33). The van der Waals surface area contributed by atoms with E-state index in [1.165, 1.54) is 12.3 Å². The van der Waals surface area contributed by atoms with E-state index in [0.29, 0.717) is 46.7 Å². The summed E-state index contributed by atoms with van der Waals surface area (Å²) in [7, 11) is 0. The molecular weight excluding hydrogens is 466 g/mol. The minimum Gasteiger partial charge on any atom is -0.364 e. The zero-order chi connectivity index (χ0) is 24.6. The number of aromatic amines is 1.